The van der Waals surface area contributed by atoms with E-state index in [4.69, 9.17) is 4.74 Å². The fraction of sp³-hybridized carbons (Fsp3) is 0.294. The zero-order valence-corrected chi connectivity index (χ0v) is 15.5. The Morgan fingerprint density at radius 2 is 1.96 bits per heavy atom. The number of anilines is 2. The third-order valence-electron chi connectivity index (χ3n) is 3.70. The largest absolute Gasteiger partial charge is 0.385 e. The maximum absolute atomic E-state index is 13.2. The molecule has 1 amide bonds. The van der Waals surface area contributed by atoms with Gasteiger partial charge in [-0.3, -0.25) is 9.52 Å². The quantitative estimate of drug-likeness (QED) is 0.711. The van der Waals surface area contributed by atoms with Crippen LogP contribution in [0.2, 0.25) is 0 Å². The molecule has 1 atom stereocenters. The Morgan fingerprint density at radius 3 is 2.63 bits per heavy atom. The molecule has 2 aromatic rings. The average Bonchev–Trinajstić information content (AvgIpc) is 2.62. The highest BCUT2D eigenvalue weighted by atomic mass is 32.2. The molecule has 10 heteroatoms. The highest BCUT2D eigenvalue weighted by Gasteiger charge is 2.21. The van der Waals surface area contributed by atoms with Crippen LogP contribution in [0.25, 0.3) is 0 Å². The number of hydrogen-bond donors (Lipinski definition) is 2. The lowest BCUT2D eigenvalue weighted by Gasteiger charge is -2.14. The fourth-order valence-electron chi connectivity index (χ4n) is 2.09. The molecule has 1 aromatic heterocycles. The second-order valence-electron chi connectivity index (χ2n) is 5.75. The van der Waals surface area contributed by atoms with E-state index < -0.39 is 32.8 Å². The number of nitrogens with one attached hydrogen (secondary N) is 2. The molecule has 7 nitrogen and oxygen atoms in total. The van der Waals surface area contributed by atoms with Crippen LogP contribution in [0.4, 0.5) is 20.3 Å². The van der Waals surface area contributed by atoms with Gasteiger partial charge in [0.15, 0.2) is 11.6 Å². The van der Waals surface area contributed by atoms with Gasteiger partial charge in [0.05, 0.1) is 5.25 Å². The first-order valence-corrected chi connectivity index (χ1v) is 9.50. The van der Waals surface area contributed by atoms with Crippen molar-refractivity contribution in [1.82, 2.24) is 4.98 Å². The molecule has 2 rings (SSSR count). The first-order valence-electron chi connectivity index (χ1n) is 7.96. The Kier molecular flexibility index (Phi) is 6.81. The van der Waals surface area contributed by atoms with Gasteiger partial charge in [0.2, 0.25) is 10.0 Å². The predicted octanol–water partition coefficient (Wildman–Crippen LogP) is 2.78. The summed E-state index contributed by atoms with van der Waals surface area (Å²) < 4.78 is 57.9. The van der Waals surface area contributed by atoms with Crippen LogP contribution in [0.5, 0.6) is 0 Å². The molecule has 0 bridgehead atoms. The number of nitrogens with zero attached hydrogens (tertiary/aromatic N) is 1. The first-order chi connectivity index (χ1) is 12.7. The maximum atomic E-state index is 13.2. The standard InChI is InChI=1S/C17H19F2N3O4S/c1-11(6-8-26-2)27(24,25)22-16-9-12(5-7-20-16)17(23)21-13-3-4-14(18)15(19)10-13/h3-5,7,9-11H,6,8H2,1-2H3,(H,20,22)(H,21,23). The Labute approximate surface area is 155 Å². The molecule has 0 aliphatic carbocycles. The molecule has 0 aliphatic heterocycles. The molecule has 1 unspecified atom stereocenters. The Morgan fingerprint density at radius 1 is 1.22 bits per heavy atom. The van der Waals surface area contributed by atoms with Crippen molar-refractivity contribution in [3.63, 3.8) is 0 Å². The van der Waals surface area contributed by atoms with Crippen LogP contribution in [0.15, 0.2) is 36.5 Å². The van der Waals surface area contributed by atoms with E-state index in [1.54, 1.807) is 0 Å². The Bertz CT molecular complexity index is 922. The van der Waals surface area contributed by atoms with Crippen molar-refractivity contribution in [2.45, 2.75) is 18.6 Å². The van der Waals surface area contributed by atoms with Crippen LogP contribution in [-0.2, 0) is 14.8 Å². The second-order valence-corrected chi connectivity index (χ2v) is 7.85. The van der Waals surface area contributed by atoms with E-state index >= 15 is 0 Å². The predicted molar refractivity (Wildman–Crippen MR) is 97.0 cm³/mol. The zero-order chi connectivity index (χ0) is 20.0. The minimum atomic E-state index is -3.71. The molecule has 146 valence electrons. The molecule has 0 saturated carbocycles. The normalized spacial score (nSPS) is 12.4. The van der Waals surface area contributed by atoms with Crippen LogP contribution in [0.3, 0.4) is 0 Å². The highest BCUT2D eigenvalue weighted by molar-refractivity contribution is 7.93. The van der Waals surface area contributed by atoms with Gasteiger partial charge in [-0.05, 0) is 37.6 Å². The number of aromatic nitrogens is 1. The van der Waals surface area contributed by atoms with Crippen LogP contribution < -0.4 is 10.0 Å². The van der Waals surface area contributed by atoms with E-state index in [1.165, 1.54) is 38.4 Å². The monoisotopic (exact) mass is 399 g/mol. The highest BCUT2D eigenvalue weighted by Crippen LogP contribution is 2.16. The summed E-state index contributed by atoms with van der Waals surface area (Å²) in [4.78, 5) is 16.1. The van der Waals surface area contributed by atoms with Crippen molar-refractivity contribution < 1.29 is 26.7 Å². The number of ether oxygens (including phenoxy) is 1. The summed E-state index contributed by atoms with van der Waals surface area (Å²) in [6, 6.07) is 5.55. The number of carbonyl (C=O) groups excluding carboxylic acids is 1. The number of methoxy groups -OCH3 is 1. The van der Waals surface area contributed by atoms with E-state index in [-0.39, 0.29) is 23.7 Å². The molecule has 27 heavy (non-hydrogen) atoms. The summed E-state index contributed by atoms with van der Waals surface area (Å²) in [7, 11) is -2.24. The molecule has 0 spiro atoms. The number of hydrogen-bond acceptors (Lipinski definition) is 5. The minimum Gasteiger partial charge on any atom is -0.385 e. The summed E-state index contributed by atoms with van der Waals surface area (Å²) in [5.41, 5.74) is 0.156. The Hall–Kier alpha value is -2.59. The van der Waals surface area contributed by atoms with Crippen molar-refractivity contribution >= 4 is 27.4 Å². The molecule has 0 saturated heterocycles. The number of rotatable bonds is 8. The van der Waals surface area contributed by atoms with Crippen molar-refractivity contribution in [3.8, 4) is 0 Å². The van der Waals surface area contributed by atoms with Crippen LogP contribution in [0, 0.1) is 11.6 Å². The van der Waals surface area contributed by atoms with Crippen LogP contribution in [-0.4, -0.2) is 38.3 Å². The molecular weight excluding hydrogens is 380 g/mol. The summed E-state index contributed by atoms with van der Waals surface area (Å²) in [5.74, 6) is -2.79. The van der Waals surface area contributed by atoms with Gasteiger partial charge in [-0.1, -0.05) is 0 Å². The third kappa shape index (κ3) is 5.69. The van der Waals surface area contributed by atoms with Crippen molar-refractivity contribution in [3.05, 3.63) is 53.7 Å². The topological polar surface area (TPSA) is 97.4 Å². The second kappa shape index (κ2) is 8.87. The molecular formula is C17H19F2N3O4S. The Balaban J connectivity index is 2.12. The number of benzene rings is 1. The number of halogens is 2. The molecule has 0 radical (unpaired) electrons. The minimum absolute atomic E-state index is 0.0304. The lowest BCUT2D eigenvalue weighted by Crippen LogP contribution is -2.27. The van der Waals surface area contributed by atoms with Crippen LogP contribution >= 0.6 is 0 Å². The van der Waals surface area contributed by atoms with Gasteiger partial charge in [0, 0.05) is 37.2 Å². The third-order valence-corrected chi connectivity index (χ3v) is 5.49. The first kappa shape index (κ1) is 20.7. The summed E-state index contributed by atoms with van der Waals surface area (Å²) in [6.07, 6.45) is 1.56. The van der Waals surface area contributed by atoms with Gasteiger partial charge in [0.25, 0.3) is 5.91 Å². The van der Waals surface area contributed by atoms with Crippen molar-refractivity contribution in [2.24, 2.45) is 0 Å². The summed E-state index contributed by atoms with van der Waals surface area (Å²) in [5, 5.41) is 1.68. The van der Waals surface area contributed by atoms with Crippen molar-refractivity contribution in [2.75, 3.05) is 23.8 Å². The van der Waals surface area contributed by atoms with Gasteiger partial charge < -0.3 is 10.1 Å². The number of carbonyl (C=O) groups is 1. The zero-order valence-electron chi connectivity index (χ0n) is 14.7. The van der Waals surface area contributed by atoms with Gasteiger partial charge in [0.1, 0.15) is 5.82 Å². The summed E-state index contributed by atoms with van der Waals surface area (Å²) in [6.45, 7) is 1.81. The average molecular weight is 399 g/mol. The SMILES string of the molecule is COCCC(C)S(=O)(=O)Nc1cc(C(=O)Nc2ccc(F)c(F)c2)ccn1. The molecule has 1 heterocycles. The number of amides is 1. The summed E-state index contributed by atoms with van der Waals surface area (Å²) >= 11 is 0. The fourth-order valence-corrected chi connectivity index (χ4v) is 3.10. The van der Waals surface area contributed by atoms with Gasteiger partial charge >= 0.3 is 0 Å². The molecule has 0 aliphatic rings. The lowest BCUT2D eigenvalue weighted by atomic mass is 10.2. The van der Waals surface area contributed by atoms with E-state index in [0.717, 1.165) is 12.1 Å². The van der Waals surface area contributed by atoms with E-state index in [9.17, 15) is 22.0 Å². The number of pyridine rings is 1. The van der Waals surface area contributed by atoms with E-state index in [0.29, 0.717) is 6.42 Å². The maximum Gasteiger partial charge on any atom is 0.255 e. The molecule has 2 N–H and O–H groups in total. The van der Waals surface area contributed by atoms with Crippen LogP contribution in [0.1, 0.15) is 23.7 Å². The van der Waals surface area contributed by atoms with Gasteiger partial charge in [-0.2, -0.15) is 0 Å². The van der Waals surface area contributed by atoms with Crippen molar-refractivity contribution in [1.29, 1.82) is 0 Å². The lowest BCUT2D eigenvalue weighted by molar-refractivity contribution is 0.102. The molecule has 0 fully saturated rings. The van der Waals surface area contributed by atoms with Gasteiger partial charge in [-0.25, -0.2) is 22.2 Å². The van der Waals surface area contributed by atoms with E-state index in [1.807, 2.05) is 0 Å². The van der Waals surface area contributed by atoms with E-state index in [2.05, 4.69) is 15.0 Å². The smallest absolute Gasteiger partial charge is 0.255 e. The molecule has 1 aromatic carbocycles. The van der Waals surface area contributed by atoms with Gasteiger partial charge in [-0.15, -0.1) is 0 Å². The number of sulfonamides is 1.